The van der Waals surface area contributed by atoms with E-state index in [4.69, 9.17) is 81.2 Å². The van der Waals surface area contributed by atoms with E-state index in [0.717, 1.165) is 148 Å². The fraction of sp³-hybridized carbons (Fsp3) is 0.462. The molecule has 18 rings (SSSR count). The number of benzene rings is 6. The van der Waals surface area contributed by atoms with Gasteiger partial charge in [0, 0.05) is 197 Å². The normalized spacial score (nSPS) is 20.4. The summed E-state index contributed by atoms with van der Waals surface area (Å²) in [4.78, 5) is 131. The highest BCUT2D eigenvalue weighted by Crippen LogP contribution is 2.42. The van der Waals surface area contributed by atoms with Gasteiger partial charge in [-0.15, -0.1) is 11.6 Å². The van der Waals surface area contributed by atoms with E-state index in [2.05, 4.69) is 210 Å². The lowest BCUT2D eigenvalue weighted by Crippen LogP contribution is -2.56. The Labute approximate surface area is 802 Å². The number of hydrogen-bond acceptors (Lipinski definition) is 23. The molecule has 0 unspecified atom stereocenters. The van der Waals surface area contributed by atoms with Crippen molar-refractivity contribution < 1.29 is 38.2 Å². The number of fused-ring (bicyclic) bond motifs is 6. The Morgan fingerprint density at radius 1 is 0.412 bits per heavy atom. The van der Waals surface area contributed by atoms with Gasteiger partial charge in [0.25, 0.3) is 0 Å². The van der Waals surface area contributed by atoms with Crippen LogP contribution in [0.25, 0.3) is 46.9 Å². The number of carbonyl (C=O) groups is 5. The second-order valence-corrected chi connectivity index (χ2v) is 37.5. The van der Waals surface area contributed by atoms with E-state index in [1.807, 2.05) is 0 Å². The summed E-state index contributed by atoms with van der Waals surface area (Å²) < 4.78 is 19.0. The number of halogens is 1. The Kier molecular flexibility index (Phi) is 31.1. The fourth-order valence-electron chi connectivity index (χ4n) is 20.8. The maximum absolute atomic E-state index is 13.2. The zero-order valence-corrected chi connectivity index (χ0v) is 80.2. The van der Waals surface area contributed by atoms with Crippen molar-refractivity contribution in [3.8, 4) is 18.0 Å². The first kappa shape index (κ1) is 95.9. The van der Waals surface area contributed by atoms with Crippen LogP contribution in [0.2, 0.25) is 0 Å². The van der Waals surface area contributed by atoms with Crippen LogP contribution in [0.1, 0.15) is 89.0 Å². The molecule has 710 valence electrons. The molecule has 0 radical (unpaired) electrons. The molecule has 9 aromatic rings. The lowest BCUT2D eigenvalue weighted by atomic mass is 9.99. The Morgan fingerprint density at radius 2 is 0.728 bits per heavy atom. The van der Waals surface area contributed by atoms with Gasteiger partial charge in [0.1, 0.15) is 55.4 Å². The number of likely N-dealkylation sites (N-methyl/N-ethyl adjacent to an activating group) is 4. The molecule has 136 heavy (non-hydrogen) atoms. The number of hydrogen-bond donors (Lipinski definition) is 1. The van der Waals surface area contributed by atoms with Gasteiger partial charge in [0.2, 0.25) is 49.2 Å². The minimum atomic E-state index is -0.680. The molecule has 6 fully saturated rings. The van der Waals surface area contributed by atoms with E-state index in [9.17, 15) is 24.0 Å². The summed E-state index contributed by atoms with van der Waals surface area (Å²) in [6.45, 7) is 43.4. The van der Waals surface area contributed by atoms with Crippen LogP contribution < -0.4 is 49.3 Å². The molecule has 5 amide bonds. The van der Waals surface area contributed by atoms with Crippen molar-refractivity contribution in [3.05, 3.63) is 230 Å². The predicted molar refractivity (Wildman–Crippen MR) is 533 cm³/mol. The third-order valence-electron chi connectivity index (χ3n) is 28.2. The molecule has 3 aromatic heterocycles. The Hall–Kier alpha value is -13.3. The average Bonchev–Trinajstić information content (AvgIpc) is 0.886. The molecule has 9 aliphatic rings. The summed E-state index contributed by atoms with van der Waals surface area (Å²) in [5.74, 6) is 1.18. The van der Waals surface area contributed by atoms with Gasteiger partial charge in [-0.2, -0.15) is 29.9 Å². The molecule has 6 atom stereocenters. The van der Waals surface area contributed by atoms with E-state index in [-0.39, 0.29) is 67.3 Å². The fourth-order valence-corrected chi connectivity index (χ4v) is 20.9. The van der Waals surface area contributed by atoms with Crippen LogP contribution in [-0.2, 0) is 62.9 Å². The molecular formula is C104H124ClN23O8. The summed E-state index contributed by atoms with van der Waals surface area (Å²) in [6, 6.07) is 40.0. The molecule has 0 spiro atoms. The minimum absolute atomic E-state index is 0.102. The van der Waals surface area contributed by atoms with Crippen LogP contribution in [0.3, 0.4) is 0 Å². The predicted octanol–water partition coefficient (Wildman–Crippen LogP) is 11.2. The zero-order chi connectivity index (χ0) is 95.2. The maximum Gasteiger partial charge on any atom is 0.318 e. The SMILES string of the molecule is [C-]#[N+]C[C@H]1CN(c2nc(OC[C@@H]3CCCN3C)nc3c2CCN(c2cccc4cccc(C)c24)C3)CCN1C(=O)/C=C/C(=O)N(C)C.[C-]#[N+]C[C@H]1CN(c2nc(OC[C@@H]3CCCN3C)nc3c2CCN(c2cccc4cccc(C)c24)C3)CCN1C(=O)/C=C/C(N)=O.[C-]#[N+]C[C@H]1CN(c2nc(OC[C@@H]3CCCN3C)nc3c2CCN(c2cccc4cccc(C)c24)C3)CCN1C(=O)/C=C/CCl. The largest absolute Gasteiger partial charge is 0.462 e. The van der Waals surface area contributed by atoms with E-state index in [0.29, 0.717) is 135 Å². The number of amides is 5. The zero-order valence-electron chi connectivity index (χ0n) is 79.4. The lowest BCUT2D eigenvalue weighted by Gasteiger charge is -2.41. The number of piperazine rings is 3. The summed E-state index contributed by atoms with van der Waals surface area (Å²) in [5.41, 5.74) is 18.8. The average molecular weight is 1860 g/mol. The molecule has 0 saturated carbocycles. The number of carbonyl (C=O) groups excluding carboxylic acids is 5. The lowest BCUT2D eigenvalue weighted by molar-refractivity contribution is -0.129. The number of allylic oxidation sites excluding steroid dienone is 1. The number of nitrogens with two attached hydrogens (primary N) is 1. The Bertz CT molecular complexity index is 6110. The molecule has 6 saturated heterocycles. The van der Waals surface area contributed by atoms with E-state index >= 15 is 0 Å². The van der Waals surface area contributed by atoms with Crippen molar-refractivity contribution in [2.75, 3.05) is 208 Å². The van der Waals surface area contributed by atoms with Gasteiger partial charge in [-0.3, -0.25) is 24.0 Å². The van der Waals surface area contributed by atoms with Gasteiger partial charge in [0.05, 0.1) is 36.7 Å². The van der Waals surface area contributed by atoms with Crippen molar-refractivity contribution >= 4 is 108 Å². The molecule has 12 heterocycles. The van der Waals surface area contributed by atoms with Crippen molar-refractivity contribution in [1.82, 2.24) is 64.2 Å². The highest BCUT2D eigenvalue weighted by atomic mass is 35.5. The number of primary amides is 1. The number of aryl methyl sites for hydroxylation is 3. The van der Waals surface area contributed by atoms with Crippen molar-refractivity contribution in [2.24, 2.45) is 5.73 Å². The Morgan fingerprint density at radius 3 is 1.02 bits per heavy atom. The van der Waals surface area contributed by atoms with Gasteiger partial charge >= 0.3 is 18.0 Å². The third kappa shape index (κ3) is 22.0. The molecule has 9 aliphatic heterocycles. The highest BCUT2D eigenvalue weighted by molar-refractivity contribution is 6.19. The van der Waals surface area contributed by atoms with Gasteiger partial charge in [-0.05, 0) is 170 Å². The van der Waals surface area contributed by atoms with Crippen LogP contribution >= 0.6 is 11.6 Å². The number of aromatic nitrogens is 6. The number of rotatable bonds is 24. The molecular weight excluding hydrogens is 1730 g/mol. The molecule has 31 nitrogen and oxygen atoms in total. The smallest absolute Gasteiger partial charge is 0.318 e. The van der Waals surface area contributed by atoms with Gasteiger partial charge in [0.15, 0.2) is 0 Å². The summed E-state index contributed by atoms with van der Waals surface area (Å²) in [7, 11) is 9.69. The molecule has 32 heteroatoms. The number of nitrogens with zero attached hydrogens (tertiary/aromatic N) is 22. The van der Waals surface area contributed by atoms with Gasteiger partial charge in [-0.1, -0.05) is 97.1 Å². The molecule has 0 aliphatic carbocycles. The summed E-state index contributed by atoms with van der Waals surface area (Å²) in [6.07, 6.45) is 17.1. The first-order valence-corrected chi connectivity index (χ1v) is 48.2. The molecule has 6 aromatic carbocycles. The minimum Gasteiger partial charge on any atom is -0.462 e. The van der Waals surface area contributed by atoms with Crippen LogP contribution in [0.15, 0.2) is 146 Å². The van der Waals surface area contributed by atoms with Crippen molar-refractivity contribution in [1.29, 1.82) is 0 Å². The van der Waals surface area contributed by atoms with Crippen molar-refractivity contribution in [3.63, 3.8) is 0 Å². The number of anilines is 6. The van der Waals surface area contributed by atoms with E-state index < -0.39 is 5.91 Å². The summed E-state index contributed by atoms with van der Waals surface area (Å²) >= 11 is 5.78. The molecule has 0 bridgehead atoms. The van der Waals surface area contributed by atoms with Crippen LogP contribution in [0.4, 0.5) is 34.5 Å². The van der Waals surface area contributed by atoms with Crippen molar-refractivity contribution in [2.45, 2.75) is 134 Å². The van der Waals surface area contributed by atoms with Crippen LogP contribution in [0.5, 0.6) is 18.0 Å². The number of likely N-dealkylation sites (tertiary alicyclic amines) is 3. The second-order valence-electron chi connectivity index (χ2n) is 37.2. The highest BCUT2D eigenvalue weighted by Gasteiger charge is 2.41. The third-order valence-corrected chi connectivity index (χ3v) is 28.4. The second kappa shape index (κ2) is 44.0. The number of ether oxygens (including phenoxy) is 3. The van der Waals surface area contributed by atoms with E-state index in [1.165, 1.54) is 102 Å². The first-order chi connectivity index (χ1) is 66.0. The summed E-state index contributed by atoms with van der Waals surface area (Å²) in [5, 5.41) is 7.47. The van der Waals surface area contributed by atoms with Gasteiger partial charge in [-0.25, -0.2) is 19.7 Å². The van der Waals surface area contributed by atoms with Crippen LogP contribution in [0, 0.1) is 40.5 Å². The van der Waals surface area contributed by atoms with Crippen LogP contribution in [-0.4, -0.2) is 309 Å². The quantitative estimate of drug-likeness (QED) is 0.0334. The van der Waals surface area contributed by atoms with E-state index in [1.54, 1.807) is 34.9 Å². The first-order valence-electron chi connectivity index (χ1n) is 47.7. The monoisotopic (exact) mass is 1860 g/mol. The standard InChI is InChI=1S/C36H44N8O3.C34H40ClN7O2.C34H40N8O3/c1-25-9-6-10-26-11-7-13-31(34(25)26)42-18-16-29-30(23-42)38-36(47-24-27-12-8-17-41(27)5)39-35(29)43-19-20-44(28(22-43)21-37-2)33(46)15-14-32(45)40(3)4;1-24-8-4-9-25-10-5-12-30(32(24)25)40-17-14-28-29(22-40)37-34(44-23-26-11-7-16-39(26)3)38-33(28)41-18-19-42(27(21-41)20-36-2)31(43)13-6-15-35;1-23-7-4-8-24-9-5-11-29(32(23)24)40-16-14-27-28(21-40)37-34(45-22-25-10-6-15-39(25)3)38-33(27)41-17-18-42(26(20-41)19-36-2)31(44)13-12-30(35)43/h6-7,9-11,13-15,27-28H,8,12,16-24H2,1,3-5H3;4-6,8-10,12-13,26-27H,7,11,14-23H2,1,3H3;4-5,7-9,11-13,25-26H,6,10,14-22H2,1,3H3,(H2,35,43)/b15-14+;13-6+;13-12+/t27-,28-;26-,27-;25-,26-/m000/s1. The maximum atomic E-state index is 13.2. The molecule has 2 N–H and O–H groups in total. The number of alkyl halides is 1. The Balaban J connectivity index is 0.000000148. The van der Waals surface area contributed by atoms with Gasteiger partial charge < -0.3 is 98.2 Å². The topological polar surface area (TPSA) is 272 Å².